The molecule has 2 amide bonds. The number of carbonyl (C=O) groups excluding carboxylic acids is 2. The van der Waals surface area contributed by atoms with Crippen molar-refractivity contribution in [1.82, 2.24) is 4.90 Å². The van der Waals surface area contributed by atoms with Gasteiger partial charge in [-0.25, -0.2) is 0 Å². The first kappa shape index (κ1) is 17.3. The monoisotopic (exact) mass is 333 g/mol. The van der Waals surface area contributed by atoms with Crippen molar-refractivity contribution >= 4 is 34.8 Å². The molecular formula is C17H20ClN3O2. The molecule has 1 aliphatic rings. The van der Waals surface area contributed by atoms with Gasteiger partial charge in [0.05, 0.1) is 17.3 Å². The molecule has 122 valence electrons. The highest BCUT2D eigenvalue weighted by molar-refractivity contribution is 6.34. The number of nitrogens with one attached hydrogen (secondary N) is 2. The first-order valence-electron chi connectivity index (χ1n) is 7.53. The van der Waals surface area contributed by atoms with Crippen LogP contribution < -0.4 is 10.6 Å². The zero-order valence-electron chi connectivity index (χ0n) is 13.1. The van der Waals surface area contributed by atoms with Gasteiger partial charge in [0.25, 0.3) is 0 Å². The van der Waals surface area contributed by atoms with Gasteiger partial charge in [-0.15, -0.1) is 6.42 Å². The minimum atomic E-state index is -0.170. The largest absolute Gasteiger partial charge is 0.326 e. The third kappa shape index (κ3) is 4.98. The van der Waals surface area contributed by atoms with Gasteiger partial charge in [0, 0.05) is 18.5 Å². The van der Waals surface area contributed by atoms with E-state index in [4.69, 9.17) is 18.0 Å². The van der Waals surface area contributed by atoms with Crippen LogP contribution in [0.2, 0.25) is 5.02 Å². The van der Waals surface area contributed by atoms with Gasteiger partial charge < -0.3 is 10.6 Å². The summed E-state index contributed by atoms with van der Waals surface area (Å²) in [6, 6.07) is 5.02. The van der Waals surface area contributed by atoms with Crippen LogP contribution in [0.5, 0.6) is 0 Å². The fraction of sp³-hybridized carbons (Fsp3) is 0.412. The average Bonchev–Trinajstić information content (AvgIpc) is 2.50. The summed E-state index contributed by atoms with van der Waals surface area (Å²) in [7, 11) is 0. The molecule has 0 radical (unpaired) electrons. The molecule has 1 aromatic rings. The van der Waals surface area contributed by atoms with Gasteiger partial charge >= 0.3 is 0 Å². The van der Waals surface area contributed by atoms with Crippen molar-refractivity contribution < 1.29 is 9.59 Å². The lowest BCUT2D eigenvalue weighted by atomic mass is 9.96. The highest BCUT2D eigenvalue weighted by Crippen LogP contribution is 2.27. The molecule has 0 saturated carbocycles. The molecule has 1 heterocycles. The van der Waals surface area contributed by atoms with E-state index in [1.165, 1.54) is 6.92 Å². The summed E-state index contributed by atoms with van der Waals surface area (Å²) < 4.78 is 0. The molecule has 1 fully saturated rings. The van der Waals surface area contributed by atoms with Crippen LogP contribution in [0.15, 0.2) is 18.2 Å². The van der Waals surface area contributed by atoms with E-state index in [9.17, 15) is 9.59 Å². The maximum absolute atomic E-state index is 12.3. The van der Waals surface area contributed by atoms with Crippen molar-refractivity contribution in [2.45, 2.75) is 19.8 Å². The molecular weight excluding hydrogens is 314 g/mol. The van der Waals surface area contributed by atoms with E-state index >= 15 is 0 Å². The zero-order valence-corrected chi connectivity index (χ0v) is 13.8. The number of carbonyl (C=O) groups is 2. The number of hydrogen-bond acceptors (Lipinski definition) is 3. The Morgan fingerprint density at radius 3 is 2.61 bits per heavy atom. The van der Waals surface area contributed by atoms with Gasteiger partial charge in [0.1, 0.15) is 0 Å². The first-order valence-corrected chi connectivity index (χ1v) is 7.91. The molecule has 0 spiro atoms. The molecule has 2 N–H and O–H groups in total. The maximum atomic E-state index is 12.3. The second kappa shape index (κ2) is 8.00. The van der Waals surface area contributed by atoms with Gasteiger partial charge in [0.2, 0.25) is 11.8 Å². The number of terminal acetylenes is 1. The summed E-state index contributed by atoms with van der Waals surface area (Å²) in [6.07, 6.45) is 6.88. The summed E-state index contributed by atoms with van der Waals surface area (Å²) >= 11 is 6.16. The second-order valence-corrected chi connectivity index (χ2v) is 6.03. The Bertz CT molecular complexity index is 631. The number of anilines is 2. The second-order valence-electron chi connectivity index (χ2n) is 5.62. The van der Waals surface area contributed by atoms with Crippen molar-refractivity contribution in [2.75, 3.05) is 30.3 Å². The molecule has 1 aromatic carbocycles. The number of amides is 2. The molecule has 1 saturated heterocycles. The van der Waals surface area contributed by atoms with E-state index in [2.05, 4.69) is 21.5 Å². The van der Waals surface area contributed by atoms with Crippen molar-refractivity contribution in [3.8, 4) is 12.3 Å². The summed E-state index contributed by atoms with van der Waals surface area (Å²) in [5.41, 5.74) is 1.15. The minimum absolute atomic E-state index is 0.0282. The average molecular weight is 334 g/mol. The summed E-state index contributed by atoms with van der Waals surface area (Å²) in [6.45, 7) is 3.72. The third-order valence-corrected chi connectivity index (χ3v) is 4.13. The molecule has 0 aromatic heterocycles. The molecule has 2 rings (SSSR count). The van der Waals surface area contributed by atoms with Gasteiger partial charge in [-0.3, -0.25) is 14.5 Å². The topological polar surface area (TPSA) is 61.4 Å². The SMILES string of the molecule is C#CCN1CCC(C(=O)Nc2ccc(NC(C)=O)cc2Cl)CC1. The lowest BCUT2D eigenvalue weighted by Gasteiger charge is -2.29. The van der Waals surface area contributed by atoms with Crippen molar-refractivity contribution in [2.24, 2.45) is 5.92 Å². The number of piperidine rings is 1. The Morgan fingerprint density at radius 1 is 1.35 bits per heavy atom. The lowest BCUT2D eigenvalue weighted by molar-refractivity contribution is -0.121. The number of rotatable bonds is 4. The van der Waals surface area contributed by atoms with Gasteiger partial charge in [-0.2, -0.15) is 0 Å². The van der Waals surface area contributed by atoms with Crippen LogP contribution >= 0.6 is 11.6 Å². The summed E-state index contributed by atoms with van der Waals surface area (Å²) in [4.78, 5) is 25.5. The van der Waals surface area contributed by atoms with Crippen LogP contribution in [-0.2, 0) is 9.59 Å². The highest BCUT2D eigenvalue weighted by atomic mass is 35.5. The lowest BCUT2D eigenvalue weighted by Crippen LogP contribution is -2.38. The van der Waals surface area contributed by atoms with Gasteiger partial charge in [0.15, 0.2) is 0 Å². The molecule has 0 unspecified atom stereocenters. The third-order valence-electron chi connectivity index (χ3n) is 3.82. The number of nitrogens with zero attached hydrogens (tertiary/aromatic N) is 1. The molecule has 5 nitrogen and oxygen atoms in total. The molecule has 0 aliphatic carbocycles. The minimum Gasteiger partial charge on any atom is -0.326 e. The predicted molar refractivity (Wildman–Crippen MR) is 92.4 cm³/mol. The Balaban J connectivity index is 1.93. The van der Waals surface area contributed by atoms with Crippen molar-refractivity contribution in [3.05, 3.63) is 23.2 Å². The van der Waals surface area contributed by atoms with Crippen LogP contribution in [0.3, 0.4) is 0 Å². The maximum Gasteiger partial charge on any atom is 0.227 e. The van der Waals surface area contributed by atoms with E-state index in [1.807, 2.05) is 0 Å². The first-order chi connectivity index (χ1) is 11.0. The highest BCUT2D eigenvalue weighted by Gasteiger charge is 2.25. The number of benzene rings is 1. The van der Waals surface area contributed by atoms with Crippen molar-refractivity contribution in [3.63, 3.8) is 0 Å². The van der Waals surface area contributed by atoms with Crippen LogP contribution in [0.1, 0.15) is 19.8 Å². The normalized spacial score (nSPS) is 15.7. The summed E-state index contributed by atoms with van der Waals surface area (Å²) in [5, 5.41) is 5.91. The van der Waals surface area contributed by atoms with Crippen LogP contribution in [0.25, 0.3) is 0 Å². The fourth-order valence-electron chi connectivity index (χ4n) is 2.61. The smallest absolute Gasteiger partial charge is 0.227 e. The van der Waals surface area contributed by atoms with Crippen LogP contribution in [0.4, 0.5) is 11.4 Å². The van der Waals surface area contributed by atoms with E-state index in [0.29, 0.717) is 22.9 Å². The predicted octanol–water partition coefficient (Wildman–Crippen LogP) is 2.58. The fourth-order valence-corrected chi connectivity index (χ4v) is 2.84. The molecule has 1 aliphatic heterocycles. The molecule has 0 bridgehead atoms. The van der Waals surface area contributed by atoms with E-state index < -0.39 is 0 Å². The zero-order chi connectivity index (χ0) is 16.8. The summed E-state index contributed by atoms with van der Waals surface area (Å²) in [5.74, 6) is 2.40. The molecule has 23 heavy (non-hydrogen) atoms. The van der Waals surface area contributed by atoms with E-state index in [1.54, 1.807) is 18.2 Å². The van der Waals surface area contributed by atoms with E-state index in [-0.39, 0.29) is 17.7 Å². The molecule has 6 heteroatoms. The van der Waals surface area contributed by atoms with Gasteiger partial charge in [-0.05, 0) is 44.1 Å². The number of hydrogen-bond donors (Lipinski definition) is 2. The standard InChI is InChI=1S/C17H20ClN3O2/c1-3-8-21-9-6-13(7-10-21)17(23)20-16-5-4-14(11-15(16)18)19-12(2)22/h1,4-5,11,13H,6-10H2,2H3,(H,19,22)(H,20,23). The Hall–Kier alpha value is -2.03. The number of likely N-dealkylation sites (tertiary alicyclic amines) is 1. The van der Waals surface area contributed by atoms with Crippen molar-refractivity contribution in [1.29, 1.82) is 0 Å². The van der Waals surface area contributed by atoms with Crippen LogP contribution in [-0.4, -0.2) is 36.3 Å². The van der Waals surface area contributed by atoms with Gasteiger partial charge in [-0.1, -0.05) is 17.5 Å². The Morgan fingerprint density at radius 2 is 2.04 bits per heavy atom. The van der Waals surface area contributed by atoms with Crippen LogP contribution in [0, 0.1) is 18.3 Å². The Kier molecular flexibility index (Phi) is 6.03. The Labute approximate surface area is 141 Å². The molecule has 0 atom stereocenters. The van der Waals surface area contributed by atoms with E-state index in [0.717, 1.165) is 25.9 Å². The number of halogens is 1. The quantitative estimate of drug-likeness (QED) is 0.833.